The molecule has 0 atom stereocenters. The maximum absolute atomic E-state index is 7.32. The van der Waals surface area contributed by atoms with Crippen molar-refractivity contribution in [1.82, 2.24) is 0 Å². The van der Waals surface area contributed by atoms with E-state index >= 15 is 0 Å². The maximum atomic E-state index is 7.32. The zero-order valence-electron chi connectivity index (χ0n) is 10.0. The number of thioether (sulfide) groups is 1. The van der Waals surface area contributed by atoms with E-state index < -0.39 is 0 Å². The molecule has 0 aliphatic heterocycles. The van der Waals surface area contributed by atoms with Gasteiger partial charge in [-0.05, 0) is 24.3 Å². The van der Waals surface area contributed by atoms with Crippen LogP contribution in [0.5, 0.6) is 0 Å². The second-order valence-electron chi connectivity index (χ2n) is 3.25. The number of unbranched alkanes of at least 4 members (excludes halogenated alkanes) is 4. The summed E-state index contributed by atoms with van der Waals surface area (Å²) in [5.74, 6) is 2.77. The third-order valence-electron chi connectivity index (χ3n) is 1.78. The van der Waals surface area contributed by atoms with E-state index in [2.05, 4.69) is 25.6 Å². The standard InChI is InChI=1S/C10H22S.C2H3N/c1-3-5-7-9-11-10-8-6-4-2;1-2-3/h3-10H2,1-2H3;1H3. The van der Waals surface area contributed by atoms with Crippen molar-refractivity contribution in [2.45, 2.75) is 59.3 Å². The Morgan fingerprint density at radius 3 is 1.57 bits per heavy atom. The molecule has 0 aliphatic rings. The number of hydrogen-bond donors (Lipinski definition) is 0. The van der Waals surface area contributed by atoms with Crippen molar-refractivity contribution in [2.75, 3.05) is 11.5 Å². The second kappa shape index (κ2) is 18.6. The van der Waals surface area contributed by atoms with E-state index in [0.29, 0.717) is 0 Å². The Bertz CT molecular complexity index is 110. The van der Waals surface area contributed by atoms with Crippen LogP contribution < -0.4 is 0 Å². The third kappa shape index (κ3) is 22.6. The van der Waals surface area contributed by atoms with Gasteiger partial charge in [0.05, 0.1) is 6.07 Å². The predicted octanol–water partition coefficient (Wildman–Crippen LogP) is 4.63. The summed E-state index contributed by atoms with van der Waals surface area (Å²) in [5.41, 5.74) is 0. The molecule has 0 radical (unpaired) electrons. The summed E-state index contributed by atoms with van der Waals surface area (Å²) in [6, 6.07) is 1.75. The molecule has 0 aromatic rings. The Balaban J connectivity index is 0. The second-order valence-corrected chi connectivity index (χ2v) is 4.47. The van der Waals surface area contributed by atoms with Crippen molar-refractivity contribution in [3.05, 3.63) is 0 Å². The molecule has 0 fully saturated rings. The lowest BCUT2D eigenvalue weighted by Gasteiger charge is -1.99. The van der Waals surface area contributed by atoms with Crippen molar-refractivity contribution in [3.8, 4) is 6.07 Å². The fourth-order valence-corrected chi connectivity index (χ4v) is 2.03. The van der Waals surface area contributed by atoms with E-state index in [1.165, 1.54) is 57.0 Å². The Hall–Kier alpha value is -0.160. The Labute approximate surface area is 94.3 Å². The molecule has 0 aromatic heterocycles. The van der Waals surface area contributed by atoms with Gasteiger partial charge < -0.3 is 0 Å². The first-order valence-corrected chi connectivity index (χ1v) is 6.87. The lowest BCUT2D eigenvalue weighted by atomic mass is 10.3. The summed E-state index contributed by atoms with van der Waals surface area (Å²) in [4.78, 5) is 0. The number of nitriles is 1. The Morgan fingerprint density at radius 1 is 0.929 bits per heavy atom. The normalized spacial score (nSPS) is 8.71. The largest absolute Gasteiger partial charge is 0.199 e. The molecule has 0 heterocycles. The van der Waals surface area contributed by atoms with E-state index in [1.54, 1.807) is 6.07 Å². The van der Waals surface area contributed by atoms with E-state index in [4.69, 9.17) is 5.26 Å². The minimum absolute atomic E-state index is 1.36. The van der Waals surface area contributed by atoms with Gasteiger partial charge in [-0.1, -0.05) is 39.5 Å². The van der Waals surface area contributed by atoms with Gasteiger partial charge in [0.15, 0.2) is 0 Å². The molecule has 1 nitrogen and oxygen atoms in total. The van der Waals surface area contributed by atoms with Crippen molar-refractivity contribution in [2.24, 2.45) is 0 Å². The molecule has 0 rings (SSSR count). The van der Waals surface area contributed by atoms with Crippen molar-refractivity contribution >= 4 is 11.8 Å². The average molecular weight is 215 g/mol. The highest BCUT2D eigenvalue weighted by atomic mass is 32.2. The first kappa shape index (κ1) is 16.3. The molecule has 0 aromatic carbocycles. The van der Waals surface area contributed by atoms with Gasteiger partial charge in [-0.15, -0.1) is 0 Å². The van der Waals surface area contributed by atoms with Crippen LogP contribution in [0.4, 0.5) is 0 Å². The van der Waals surface area contributed by atoms with Gasteiger partial charge in [0, 0.05) is 6.92 Å². The van der Waals surface area contributed by atoms with Crippen LogP contribution in [0.1, 0.15) is 59.3 Å². The molecule has 0 unspecified atom stereocenters. The molecular weight excluding hydrogens is 190 g/mol. The molecular formula is C12H25NS. The molecule has 2 heteroatoms. The van der Waals surface area contributed by atoms with Crippen LogP contribution in [0.2, 0.25) is 0 Å². The lowest BCUT2D eigenvalue weighted by molar-refractivity contribution is 0.768. The molecule has 0 saturated heterocycles. The van der Waals surface area contributed by atoms with Gasteiger partial charge in [-0.2, -0.15) is 17.0 Å². The van der Waals surface area contributed by atoms with Gasteiger partial charge >= 0.3 is 0 Å². The summed E-state index contributed by atoms with van der Waals surface area (Å²) < 4.78 is 0. The minimum atomic E-state index is 1.36. The highest BCUT2D eigenvalue weighted by molar-refractivity contribution is 7.99. The van der Waals surface area contributed by atoms with Crippen LogP contribution in [0.25, 0.3) is 0 Å². The molecule has 84 valence electrons. The summed E-state index contributed by atoms with van der Waals surface area (Å²) in [7, 11) is 0. The van der Waals surface area contributed by atoms with Crippen LogP contribution in [0.3, 0.4) is 0 Å². The molecule has 0 N–H and O–H groups in total. The predicted molar refractivity (Wildman–Crippen MR) is 67.7 cm³/mol. The molecule has 0 saturated carbocycles. The number of nitrogens with zero attached hydrogens (tertiary/aromatic N) is 1. The van der Waals surface area contributed by atoms with Crippen molar-refractivity contribution in [1.29, 1.82) is 5.26 Å². The van der Waals surface area contributed by atoms with Gasteiger partial charge in [-0.25, -0.2) is 0 Å². The topological polar surface area (TPSA) is 23.8 Å². The number of rotatable bonds is 8. The SMILES string of the molecule is CC#N.CCCCCSCCCCC. The third-order valence-corrected chi connectivity index (χ3v) is 2.94. The highest BCUT2D eigenvalue weighted by Gasteiger charge is 1.88. The molecule has 0 bridgehead atoms. The van der Waals surface area contributed by atoms with Crippen LogP contribution >= 0.6 is 11.8 Å². The zero-order chi connectivity index (χ0) is 11.1. The van der Waals surface area contributed by atoms with Crippen molar-refractivity contribution in [3.63, 3.8) is 0 Å². The Morgan fingerprint density at radius 2 is 1.29 bits per heavy atom. The monoisotopic (exact) mass is 215 g/mol. The Kier molecular flexibility index (Phi) is 21.6. The van der Waals surface area contributed by atoms with Gasteiger partial charge in [0.1, 0.15) is 0 Å². The van der Waals surface area contributed by atoms with Gasteiger partial charge in [0.2, 0.25) is 0 Å². The van der Waals surface area contributed by atoms with Gasteiger partial charge in [-0.3, -0.25) is 0 Å². The van der Waals surface area contributed by atoms with Gasteiger partial charge in [0.25, 0.3) is 0 Å². The minimum Gasteiger partial charge on any atom is -0.199 e. The van der Waals surface area contributed by atoms with E-state index in [1.807, 2.05) is 0 Å². The smallest absolute Gasteiger partial charge is 0.0587 e. The highest BCUT2D eigenvalue weighted by Crippen LogP contribution is 2.09. The first-order chi connectivity index (χ1) is 6.83. The van der Waals surface area contributed by atoms with E-state index in [9.17, 15) is 0 Å². The molecule has 14 heavy (non-hydrogen) atoms. The fourth-order valence-electron chi connectivity index (χ4n) is 1.01. The fraction of sp³-hybridized carbons (Fsp3) is 0.917. The van der Waals surface area contributed by atoms with Crippen LogP contribution in [0, 0.1) is 11.3 Å². The quantitative estimate of drug-likeness (QED) is 0.551. The van der Waals surface area contributed by atoms with E-state index in [-0.39, 0.29) is 0 Å². The van der Waals surface area contributed by atoms with E-state index in [0.717, 1.165) is 0 Å². The molecule has 0 amide bonds. The zero-order valence-corrected chi connectivity index (χ0v) is 10.8. The van der Waals surface area contributed by atoms with Crippen LogP contribution in [0.15, 0.2) is 0 Å². The maximum Gasteiger partial charge on any atom is 0.0587 e. The lowest BCUT2D eigenvalue weighted by Crippen LogP contribution is -1.83. The molecule has 0 spiro atoms. The van der Waals surface area contributed by atoms with Crippen molar-refractivity contribution < 1.29 is 0 Å². The van der Waals surface area contributed by atoms with Crippen LogP contribution in [-0.4, -0.2) is 11.5 Å². The summed E-state index contributed by atoms with van der Waals surface area (Å²) >= 11 is 2.13. The molecule has 0 aliphatic carbocycles. The summed E-state index contributed by atoms with van der Waals surface area (Å²) in [6.07, 6.45) is 8.40. The van der Waals surface area contributed by atoms with Crippen LogP contribution in [-0.2, 0) is 0 Å². The average Bonchev–Trinajstić information content (AvgIpc) is 2.18. The summed E-state index contributed by atoms with van der Waals surface area (Å²) in [5, 5.41) is 7.32. The number of hydrogen-bond acceptors (Lipinski definition) is 2. The summed E-state index contributed by atoms with van der Waals surface area (Å²) in [6.45, 7) is 5.96. The first-order valence-electron chi connectivity index (χ1n) is 5.72.